The Morgan fingerprint density at radius 1 is 0.534 bits per heavy atom. The molecule has 0 bridgehead atoms. The molecule has 2 aliphatic heterocycles. The Bertz CT molecular complexity index is 1990. The standard InChI is InChI=1S/C50H60Br2O6/c1-4-48(31-55-32-48)29-53-22-10-6-8-12-24-57-45-21-20-41-46(47(45)58-25-13-9-7-11-23-54-30-49(5-2)33-56-34-49)40-17-14-35(3)26-42(40)50(41)43-27-36(51)15-18-38(43)39-19-16-37(52)28-44(39)50/h14-21,26-28H,4-13,22-25,29-34H2,1-3H3. The first-order valence-corrected chi connectivity index (χ1v) is 23.4. The average molecular weight is 917 g/mol. The summed E-state index contributed by atoms with van der Waals surface area (Å²) in [7, 11) is 0. The van der Waals surface area contributed by atoms with E-state index in [2.05, 4.69) is 119 Å². The van der Waals surface area contributed by atoms with E-state index in [4.69, 9.17) is 28.4 Å². The highest BCUT2D eigenvalue weighted by atomic mass is 79.9. The van der Waals surface area contributed by atoms with Crippen molar-refractivity contribution in [1.82, 2.24) is 0 Å². The van der Waals surface area contributed by atoms with Gasteiger partial charge in [0.15, 0.2) is 11.5 Å². The van der Waals surface area contributed by atoms with E-state index in [1.165, 1.54) is 44.5 Å². The van der Waals surface area contributed by atoms with Crippen LogP contribution in [0.15, 0.2) is 75.7 Å². The molecule has 2 fully saturated rings. The van der Waals surface area contributed by atoms with Gasteiger partial charge in [-0.3, -0.25) is 0 Å². The van der Waals surface area contributed by atoms with Gasteiger partial charge in [-0.1, -0.05) is 101 Å². The molecule has 0 aromatic heterocycles. The van der Waals surface area contributed by atoms with Crippen molar-refractivity contribution in [2.75, 3.05) is 66.1 Å². The van der Waals surface area contributed by atoms with Crippen LogP contribution in [0.25, 0.3) is 22.3 Å². The molecule has 0 unspecified atom stereocenters. The second-order valence-corrected chi connectivity index (χ2v) is 19.1. The molecule has 4 aromatic rings. The molecule has 0 atom stereocenters. The van der Waals surface area contributed by atoms with Crippen LogP contribution in [0.1, 0.15) is 106 Å². The minimum absolute atomic E-state index is 0.244. The summed E-state index contributed by atoms with van der Waals surface area (Å²) < 4.78 is 38.9. The van der Waals surface area contributed by atoms with Gasteiger partial charge in [0.05, 0.1) is 58.3 Å². The van der Waals surface area contributed by atoms with Crippen LogP contribution in [-0.2, 0) is 24.4 Å². The summed E-state index contributed by atoms with van der Waals surface area (Å²) in [5.41, 5.74) is 11.3. The van der Waals surface area contributed by atoms with Gasteiger partial charge < -0.3 is 28.4 Å². The fraction of sp³-hybridized carbons (Fsp3) is 0.520. The van der Waals surface area contributed by atoms with Crippen molar-refractivity contribution in [2.45, 2.75) is 90.4 Å². The molecular weight excluding hydrogens is 856 g/mol. The molecule has 8 rings (SSSR count). The molecule has 0 N–H and O–H groups in total. The summed E-state index contributed by atoms with van der Waals surface area (Å²) in [5.74, 6) is 1.70. The molecule has 0 amide bonds. The van der Waals surface area contributed by atoms with Gasteiger partial charge >= 0.3 is 0 Å². The Hall–Kier alpha value is -2.72. The smallest absolute Gasteiger partial charge is 0.169 e. The SMILES string of the molecule is CCC1(COCCCCCCOc2ccc3c(c2OCCCCCCOCC2(CC)COC2)-c2ccc(C)cc2C32c3cc(Br)ccc3-c3ccc(Br)cc32)COC1. The number of benzene rings is 4. The monoisotopic (exact) mass is 914 g/mol. The number of fused-ring (bicyclic) bond motifs is 10. The van der Waals surface area contributed by atoms with Crippen LogP contribution in [0.3, 0.4) is 0 Å². The number of unbranched alkanes of at least 4 members (excludes halogenated alkanes) is 6. The number of hydrogen-bond donors (Lipinski definition) is 0. The Balaban J connectivity index is 1.00. The second-order valence-electron chi connectivity index (χ2n) is 17.3. The molecule has 2 saturated heterocycles. The Kier molecular flexibility index (Phi) is 13.4. The Morgan fingerprint density at radius 3 is 1.55 bits per heavy atom. The van der Waals surface area contributed by atoms with Crippen LogP contribution >= 0.6 is 31.9 Å². The Labute approximate surface area is 362 Å². The second kappa shape index (κ2) is 18.5. The van der Waals surface area contributed by atoms with Gasteiger partial charge in [0.1, 0.15) is 0 Å². The third kappa shape index (κ3) is 8.20. The molecule has 4 aliphatic rings. The van der Waals surface area contributed by atoms with E-state index in [0.29, 0.717) is 13.2 Å². The van der Waals surface area contributed by atoms with E-state index in [-0.39, 0.29) is 10.8 Å². The highest BCUT2D eigenvalue weighted by Crippen LogP contribution is 2.65. The third-order valence-corrected chi connectivity index (χ3v) is 14.2. The van der Waals surface area contributed by atoms with Crippen LogP contribution in [0.2, 0.25) is 0 Å². The predicted octanol–water partition coefficient (Wildman–Crippen LogP) is 12.6. The van der Waals surface area contributed by atoms with E-state index >= 15 is 0 Å². The summed E-state index contributed by atoms with van der Waals surface area (Å²) in [6.07, 6.45) is 10.8. The maximum absolute atomic E-state index is 6.96. The molecule has 6 nitrogen and oxygen atoms in total. The molecule has 0 saturated carbocycles. The molecule has 2 aliphatic carbocycles. The lowest BCUT2D eigenvalue weighted by molar-refractivity contribution is -0.150. The zero-order valence-electron chi connectivity index (χ0n) is 34.7. The first-order chi connectivity index (χ1) is 28.3. The lowest BCUT2D eigenvalue weighted by Gasteiger charge is -2.40. The summed E-state index contributed by atoms with van der Waals surface area (Å²) in [5, 5.41) is 0. The molecule has 2 heterocycles. The average Bonchev–Trinajstić information content (AvgIpc) is 3.64. The molecule has 8 heteroatoms. The van der Waals surface area contributed by atoms with Gasteiger partial charge in [0, 0.05) is 38.6 Å². The number of aryl methyl sites for hydroxylation is 1. The van der Waals surface area contributed by atoms with Crippen molar-refractivity contribution in [3.8, 4) is 33.8 Å². The van der Waals surface area contributed by atoms with Crippen molar-refractivity contribution in [3.63, 3.8) is 0 Å². The van der Waals surface area contributed by atoms with E-state index in [9.17, 15) is 0 Å². The minimum Gasteiger partial charge on any atom is -0.490 e. The van der Waals surface area contributed by atoms with Crippen LogP contribution in [0, 0.1) is 17.8 Å². The largest absolute Gasteiger partial charge is 0.490 e. The first kappa shape index (κ1) is 42.0. The van der Waals surface area contributed by atoms with Crippen molar-refractivity contribution in [3.05, 3.63) is 103 Å². The van der Waals surface area contributed by atoms with Crippen LogP contribution in [-0.4, -0.2) is 66.1 Å². The number of hydrogen-bond acceptors (Lipinski definition) is 6. The summed E-state index contributed by atoms with van der Waals surface area (Å²) in [6, 6.07) is 25.0. The molecule has 0 radical (unpaired) electrons. The van der Waals surface area contributed by atoms with E-state index in [1.807, 2.05) is 0 Å². The quantitative estimate of drug-likeness (QED) is 0.0633. The minimum atomic E-state index is -0.488. The summed E-state index contributed by atoms with van der Waals surface area (Å²) in [6.45, 7) is 14.5. The number of halogens is 2. The third-order valence-electron chi connectivity index (χ3n) is 13.3. The van der Waals surface area contributed by atoms with Crippen molar-refractivity contribution >= 4 is 31.9 Å². The lowest BCUT2D eigenvalue weighted by atomic mass is 9.70. The molecule has 1 spiro atoms. The van der Waals surface area contributed by atoms with Crippen LogP contribution in [0.4, 0.5) is 0 Å². The maximum Gasteiger partial charge on any atom is 0.169 e. The molecule has 4 aromatic carbocycles. The number of rotatable bonds is 22. The van der Waals surface area contributed by atoms with Gasteiger partial charge in [-0.25, -0.2) is 0 Å². The van der Waals surface area contributed by atoms with Crippen molar-refractivity contribution in [1.29, 1.82) is 0 Å². The van der Waals surface area contributed by atoms with Gasteiger partial charge in [-0.2, -0.15) is 0 Å². The topological polar surface area (TPSA) is 55.4 Å². The van der Waals surface area contributed by atoms with E-state index < -0.39 is 5.41 Å². The lowest BCUT2D eigenvalue weighted by Crippen LogP contribution is -2.45. The predicted molar refractivity (Wildman–Crippen MR) is 240 cm³/mol. The number of ether oxygens (including phenoxy) is 6. The highest BCUT2D eigenvalue weighted by molar-refractivity contribution is 9.10. The van der Waals surface area contributed by atoms with Crippen molar-refractivity contribution in [2.24, 2.45) is 10.8 Å². The van der Waals surface area contributed by atoms with Crippen molar-refractivity contribution < 1.29 is 28.4 Å². The van der Waals surface area contributed by atoms with E-state index in [1.54, 1.807) is 0 Å². The van der Waals surface area contributed by atoms with Gasteiger partial charge in [-0.05, 0) is 128 Å². The van der Waals surface area contributed by atoms with Gasteiger partial charge in [0.25, 0.3) is 0 Å². The molecule has 310 valence electrons. The fourth-order valence-electron chi connectivity index (χ4n) is 9.39. The fourth-order valence-corrected chi connectivity index (χ4v) is 10.1. The summed E-state index contributed by atoms with van der Waals surface area (Å²) >= 11 is 7.72. The Morgan fingerprint density at radius 2 is 1.03 bits per heavy atom. The zero-order valence-corrected chi connectivity index (χ0v) is 37.9. The van der Waals surface area contributed by atoms with Gasteiger partial charge in [0.2, 0.25) is 0 Å². The normalized spacial score (nSPS) is 17.3. The molecule has 58 heavy (non-hydrogen) atoms. The summed E-state index contributed by atoms with van der Waals surface area (Å²) in [4.78, 5) is 0. The highest BCUT2D eigenvalue weighted by Gasteiger charge is 2.53. The first-order valence-electron chi connectivity index (χ1n) is 21.8. The van der Waals surface area contributed by atoms with Crippen LogP contribution in [0.5, 0.6) is 11.5 Å². The maximum atomic E-state index is 6.96. The molecular formula is C50H60Br2O6. The van der Waals surface area contributed by atoms with Crippen LogP contribution < -0.4 is 9.47 Å². The zero-order chi connectivity index (χ0) is 40.2. The van der Waals surface area contributed by atoms with E-state index in [0.717, 1.165) is 143 Å². The van der Waals surface area contributed by atoms with Gasteiger partial charge in [-0.15, -0.1) is 0 Å².